The van der Waals surface area contributed by atoms with Crippen LogP contribution in [0.2, 0.25) is 0 Å². The fraction of sp³-hybridized carbons (Fsp3) is 0.435. The van der Waals surface area contributed by atoms with Crippen molar-refractivity contribution in [3.05, 3.63) is 54.4 Å². The highest BCUT2D eigenvalue weighted by atomic mass is 16.5. The van der Waals surface area contributed by atoms with Crippen molar-refractivity contribution in [1.82, 2.24) is 15.2 Å². The Bertz CT molecular complexity index is 855. The minimum absolute atomic E-state index is 0.0122. The molecule has 2 heterocycles. The molecule has 0 radical (unpaired) electrons. The maximum Gasteiger partial charge on any atom is 0.254 e. The monoisotopic (exact) mass is 411 g/mol. The minimum atomic E-state index is -1.14. The lowest BCUT2D eigenvalue weighted by Crippen LogP contribution is -2.63. The number of hydrogen-bond acceptors (Lipinski definition) is 5. The molecule has 0 unspecified atom stereocenters. The van der Waals surface area contributed by atoms with Crippen molar-refractivity contribution in [3.63, 3.8) is 0 Å². The van der Waals surface area contributed by atoms with E-state index >= 15 is 0 Å². The fourth-order valence-corrected chi connectivity index (χ4v) is 3.61. The zero-order chi connectivity index (χ0) is 21.6. The molecule has 1 aliphatic rings. The minimum Gasteiger partial charge on any atom is -0.375 e. The standard InChI is InChI=1S/C23H29N3O4/c1-17(2)25-22(28)23(16-26(11-12-30-23)21(27)15-29-3)13-18-6-8-19(9-7-18)20-5-4-10-24-14-20/h4-10,14,17H,11-13,15-16H2,1-3H3,(H,25,28)/t23-/m1/s1. The van der Waals surface area contributed by atoms with Crippen molar-refractivity contribution >= 4 is 11.8 Å². The first-order chi connectivity index (χ1) is 14.4. The second-order valence-electron chi connectivity index (χ2n) is 7.83. The van der Waals surface area contributed by atoms with Crippen molar-refractivity contribution in [3.8, 4) is 11.1 Å². The van der Waals surface area contributed by atoms with E-state index in [2.05, 4.69) is 10.3 Å². The van der Waals surface area contributed by atoms with E-state index in [4.69, 9.17) is 9.47 Å². The van der Waals surface area contributed by atoms with E-state index < -0.39 is 5.60 Å². The lowest BCUT2D eigenvalue weighted by molar-refractivity contribution is -0.167. The fourth-order valence-electron chi connectivity index (χ4n) is 3.61. The summed E-state index contributed by atoms with van der Waals surface area (Å²) in [5.41, 5.74) is 1.90. The number of morpholine rings is 1. The molecule has 7 heteroatoms. The molecule has 1 atom stereocenters. The van der Waals surface area contributed by atoms with Gasteiger partial charge in [-0.25, -0.2) is 0 Å². The molecule has 0 aliphatic carbocycles. The third kappa shape index (κ3) is 5.23. The first-order valence-electron chi connectivity index (χ1n) is 10.1. The number of nitrogens with one attached hydrogen (secondary N) is 1. The molecule has 3 rings (SSSR count). The Morgan fingerprint density at radius 2 is 2.00 bits per heavy atom. The van der Waals surface area contributed by atoms with Crippen LogP contribution in [0.5, 0.6) is 0 Å². The SMILES string of the molecule is COCC(=O)N1CCO[C@@](Cc2ccc(-c3cccnc3)cc2)(C(=O)NC(C)C)C1. The summed E-state index contributed by atoms with van der Waals surface area (Å²) < 4.78 is 11.0. The molecule has 2 aromatic rings. The highest BCUT2D eigenvalue weighted by molar-refractivity contribution is 5.87. The number of aromatic nitrogens is 1. The van der Waals surface area contributed by atoms with Crippen molar-refractivity contribution < 1.29 is 19.1 Å². The molecule has 1 fully saturated rings. The van der Waals surface area contributed by atoms with Crippen LogP contribution in [0.15, 0.2) is 48.8 Å². The summed E-state index contributed by atoms with van der Waals surface area (Å²) in [7, 11) is 1.49. The first-order valence-corrected chi connectivity index (χ1v) is 10.1. The summed E-state index contributed by atoms with van der Waals surface area (Å²) in [6.07, 6.45) is 3.93. The van der Waals surface area contributed by atoms with Gasteiger partial charge in [-0.2, -0.15) is 0 Å². The van der Waals surface area contributed by atoms with Gasteiger partial charge in [-0.15, -0.1) is 0 Å². The molecule has 30 heavy (non-hydrogen) atoms. The van der Waals surface area contributed by atoms with Crippen molar-refractivity contribution in [2.45, 2.75) is 31.9 Å². The van der Waals surface area contributed by atoms with Gasteiger partial charge in [0.2, 0.25) is 5.91 Å². The van der Waals surface area contributed by atoms with Gasteiger partial charge in [0, 0.05) is 38.5 Å². The molecule has 1 aliphatic heterocycles. The smallest absolute Gasteiger partial charge is 0.254 e. The van der Waals surface area contributed by atoms with Gasteiger partial charge in [0.25, 0.3) is 5.91 Å². The molecule has 7 nitrogen and oxygen atoms in total. The molecule has 160 valence electrons. The van der Waals surface area contributed by atoms with Gasteiger partial charge in [-0.3, -0.25) is 14.6 Å². The van der Waals surface area contributed by atoms with Gasteiger partial charge in [0.15, 0.2) is 5.60 Å². The van der Waals surface area contributed by atoms with E-state index in [-0.39, 0.29) is 31.0 Å². The molecule has 0 saturated carbocycles. The number of pyridine rings is 1. The quantitative estimate of drug-likeness (QED) is 0.754. The van der Waals surface area contributed by atoms with Gasteiger partial charge in [-0.1, -0.05) is 30.3 Å². The Morgan fingerprint density at radius 1 is 1.23 bits per heavy atom. The molecule has 1 aromatic heterocycles. The zero-order valence-electron chi connectivity index (χ0n) is 17.8. The van der Waals surface area contributed by atoms with E-state index in [0.29, 0.717) is 19.6 Å². The van der Waals surface area contributed by atoms with Crippen molar-refractivity contribution in [2.75, 3.05) is 33.4 Å². The molecule has 2 amide bonds. The normalized spacial score (nSPS) is 19.0. The summed E-state index contributed by atoms with van der Waals surface area (Å²) >= 11 is 0. The predicted octanol–water partition coefficient (Wildman–Crippen LogP) is 2.06. The Kier molecular flexibility index (Phi) is 7.18. The lowest BCUT2D eigenvalue weighted by atomic mass is 9.90. The predicted molar refractivity (Wildman–Crippen MR) is 114 cm³/mol. The number of amides is 2. The third-order valence-electron chi connectivity index (χ3n) is 5.08. The molecular weight excluding hydrogens is 382 g/mol. The average Bonchev–Trinajstić information content (AvgIpc) is 2.75. The summed E-state index contributed by atoms with van der Waals surface area (Å²) in [5, 5.41) is 2.96. The molecule has 0 spiro atoms. The number of rotatable bonds is 7. The summed E-state index contributed by atoms with van der Waals surface area (Å²) in [6.45, 7) is 4.74. The van der Waals surface area contributed by atoms with E-state index in [0.717, 1.165) is 16.7 Å². The number of methoxy groups -OCH3 is 1. The average molecular weight is 412 g/mol. The molecule has 1 saturated heterocycles. The Hall–Kier alpha value is -2.77. The molecule has 0 bridgehead atoms. The van der Waals surface area contributed by atoms with Crippen LogP contribution in [-0.4, -0.2) is 66.8 Å². The van der Waals surface area contributed by atoms with Gasteiger partial charge in [0.1, 0.15) is 6.61 Å². The van der Waals surface area contributed by atoms with Crippen molar-refractivity contribution in [1.29, 1.82) is 0 Å². The van der Waals surface area contributed by atoms with Crippen LogP contribution < -0.4 is 5.32 Å². The van der Waals surface area contributed by atoms with Gasteiger partial charge >= 0.3 is 0 Å². The van der Waals surface area contributed by atoms with Crippen LogP contribution in [0.4, 0.5) is 0 Å². The van der Waals surface area contributed by atoms with E-state index in [1.54, 1.807) is 11.1 Å². The largest absolute Gasteiger partial charge is 0.375 e. The number of hydrogen-bond donors (Lipinski definition) is 1. The Labute approximate surface area is 177 Å². The number of ether oxygens (including phenoxy) is 2. The van der Waals surface area contributed by atoms with E-state index in [9.17, 15) is 9.59 Å². The van der Waals surface area contributed by atoms with Gasteiger partial charge in [-0.05, 0) is 36.6 Å². The van der Waals surface area contributed by atoms with Crippen molar-refractivity contribution in [2.24, 2.45) is 0 Å². The van der Waals surface area contributed by atoms with Gasteiger partial charge in [0.05, 0.1) is 13.2 Å². The van der Waals surface area contributed by atoms with Gasteiger partial charge < -0.3 is 19.7 Å². The van der Waals surface area contributed by atoms with Crippen LogP contribution in [-0.2, 0) is 25.5 Å². The Morgan fingerprint density at radius 3 is 2.63 bits per heavy atom. The van der Waals surface area contributed by atoms with E-state index in [1.165, 1.54) is 7.11 Å². The topological polar surface area (TPSA) is 80.8 Å². The van der Waals surface area contributed by atoms with Crippen LogP contribution >= 0.6 is 0 Å². The third-order valence-corrected chi connectivity index (χ3v) is 5.08. The Balaban J connectivity index is 1.84. The number of nitrogens with zero attached hydrogens (tertiary/aromatic N) is 2. The maximum absolute atomic E-state index is 13.1. The molecular formula is C23H29N3O4. The number of carbonyl (C=O) groups is 2. The first kappa shape index (κ1) is 21.9. The summed E-state index contributed by atoms with van der Waals surface area (Å²) in [5.74, 6) is -0.349. The second kappa shape index (κ2) is 9.82. The summed E-state index contributed by atoms with van der Waals surface area (Å²) in [4.78, 5) is 31.3. The molecule has 1 N–H and O–H groups in total. The van der Waals surface area contributed by atoms with E-state index in [1.807, 2.05) is 56.4 Å². The zero-order valence-corrected chi connectivity index (χ0v) is 17.8. The highest BCUT2D eigenvalue weighted by Crippen LogP contribution is 2.26. The number of benzene rings is 1. The van der Waals surface area contributed by atoms with Crippen LogP contribution in [0.1, 0.15) is 19.4 Å². The lowest BCUT2D eigenvalue weighted by Gasteiger charge is -2.42. The summed E-state index contributed by atoms with van der Waals surface area (Å²) in [6, 6.07) is 11.9. The second-order valence-corrected chi connectivity index (χ2v) is 7.83. The molecule has 1 aromatic carbocycles. The number of carbonyl (C=O) groups excluding carboxylic acids is 2. The van der Waals surface area contributed by atoms with Crippen LogP contribution in [0.3, 0.4) is 0 Å². The van der Waals surface area contributed by atoms with Crippen LogP contribution in [0.25, 0.3) is 11.1 Å². The van der Waals surface area contributed by atoms with Crippen LogP contribution in [0, 0.1) is 0 Å². The maximum atomic E-state index is 13.1. The highest BCUT2D eigenvalue weighted by Gasteiger charge is 2.45.